The van der Waals surface area contributed by atoms with Crippen molar-refractivity contribution >= 4 is 0 Å². The third kappa shape index (κ3) is 2.36. The number of nitrogens with one attached hydrogen (secondary N) is 1. The molecule has 1 N–H and O–H groups in total. The average Bonchev–Trinajstić information content (AvgIpc) is 2.92. The van der Waals surface area contributed by atoms with E-state index in [1.807, 2.05) is 0 Å². The molecule has 2 aliphatic rings. The van der Waals surface area contributed by atoms with Gasteiger partial charge in [0.1, 0.15) is 0 Å². The lowest BCUT2D eigenvalue weighted by atomic mass is 9.91. The van der Waals surface area contributed by atoms with Crippen LogP contribution in [0.2, 0.25) is 0 Å². The van der Waals surface area contributed by atoms with E-state index in [2.05, 4.69) is 37.9 Å². The Kier molecular flexibility index (Phi) is 3.09. The standard InChI is InChI=1S/C13H26N2/c1-10(2)13(5-6-13)9-15-8-11(3)14-7-12(15)4/h10-12,14H,5-9H2,1-4H3. The van der Waals surface area contributed by atoms with E-state index < -0.39 is 0 Å². The monoisotopic (exact) mass is 210 g/mol. The molecule has 88 valence electrons. The predicted octanol–water partition coefficient (Wildman–Crippen LogP) is 2.10. The van der Waals surface area contributed by atoms with Crippen LogP contribution in [0.4, 0.5) is 0 Å². The smallest absolute Gasteiger partial charge is 0.0193 e. The highest BCUT2D eigenvalue weighted by atomic mass is 15.2. The fraction of sp³-hybridized carbons (Fsp3) is 1.00. The molecule has 0 radical (unpaired) electrons. The molecule has 2 fully saturated rings. The van der Waals surface area contributed by atoms with Gasteiger partial charge in [-0.15, -0.1) is 0 Å². The van der Waals surface area contributed by atoms with Crippen LogP contribution in [0.3, 0.4) is 0 Å². The minimum absolute atomic E-state index is 0.671. The summed E-state index contributed by atoms with van der Waals surface area (Å²) in [4.78, 5) is 2.70. The van der Waals surface area contributed by atoms with Crippen LogP contribution >= 0.6 is 0 Å². The summed E-state index contributed by atoms with van der Waals surface area (Å²) in [6, 6.07) is 1.39. The van der Waals surface area contributed by atoms with E-state index in [0.717, 1.165) is 18.5 Å². The Balaban J connectivity index is 1.92. The van der Waals surface area contributed by atoms with Crippen LogP contribution in [0, 0.1) is 11.3 Å². The first kappa shape index (κ1) is 11.4. The van der Waals surface area contributed by atoms with E-state index in [1.54, 1.807) is 0 Å². The van der Waals surface area contributed by atoms with Gasteiger partial charge in [0.05, 0.1) is 0 Å². The zero-order valence-corrected chi connectivity index (χ0v) is 10.7. The first-order valence-electron chi connectivity index (χ1n) is 6.51. The molecule has 2 heteroatoms. The molecule has 1 aliphatic carbocycles. The van der Waals surface area contributed by atoms with Gasteiger partial charge in [0, 0.05) is 31.7 Å². The van der Waals surface area contributed by atoms with Gasteiger partial charge >= 0.3 is 0 Å². The van der Waals surface area contributed by atoms with Crippen molar-refractivity contribution in [2.75, 3.05) is 19.6 Å². The highest BCUT2D eigenvalue weighted by molar-refractivity contribution is 4.99. The quantitative estimate of drug-likeness (QED) is 0.767. The summed E-state index contributed by atoms with van der Waals surface area (Å²) >= 11 is 0. The highest BCUT2D eigenvalue weighted by Crippen LogP contribution is 2.52. The Hall–Kier alpha value is -0.0800. The molecular formula is C13H26N2. The van der Waals surface area contributed by atoms with E-state index in [9.17, 15) is 0 Å². The Bertz CT molecular complexity index is 221. The second-order valence-corrected chi connectivity index (χ2v) is 6.10. The Morgan fingerprint density at radius 2 is 2.00 bits per heavy atom. The number of hydrogen-bond donors (Lipinski definition) is 1. The first-order chi connectivity index (χ1) is 7.03. The maximum Gasteiger partial charge on any atom is 0.0193 e. The van der Waals surface area contributed by atoms with Crippen LogP contribution in [0.5, 0.6) is 0 Å². The molecule has 0 aromatic heterocycles. The summed E-state index contributed by atoms with van der Waals surface area (Å²) in [6.45, 7) is 13.2. The van der Waals surface area contributed by atoms with Gasteiger partial charge in [-0.2, -0.15) is 0 Å². The topological polar surface area (TPSA) is 15.3 Å². The predicted molar refractivity (Wildman–Crippen MR) is 65.0 cm³/mol. The first-order valence-corrected chi connectivity index (χ1v) is 6.51. The van der Waals surface area contributed by atoms with E-state index >= 15 is 0 Å². The number of hydrogen-bond acceptors (Lipinski definition) is 2. The lowest BCUT2D eigenvalue weighted by Gasteiger charge is -2.40. The number of rotatable bonds is 3. The zero-order valence-electron chi connectivity index (χ0n) is 10.7. The average molecular weight is 210 g/mol. The Morgan fingerprint density at radius 3 is 2.53 bits per heavy atom. The molecule has 0 bridgehead atoms. The van der Waals surface area contributed by atoms with Crippen LogP contribution in [0.25, 0.3) is 0 Å². The van der Waals surface area contributed by atoms with Crippen LogP contribution in [0.1, 0.15) is 40.5 Å². The van der Waals surface area contributed by atoms with Gasteiger partial charge in [0.15, 0.2) is 0 Å². The van der Waals surface area contributed by atoms with E-state index in [4.69, 9.17) is 0 Å². The molecule has 2 atom stereocenters. The van der Waals surface area contributed by atoms with Crippen LogP contribution in [-0.4, -0.2) is 36.6 Å². The van der Waals surface area contributed by atoms with Crippen molar-refractivity contribution in [1.29, 1.82) is 0 Å². The molecule has 1 saturated heterocycles. The molecule has 15 heavy (non-hydrogen) atoms. The maximum absolute atomic E-state index is 3.56. The van der Waals surface area contributed by atoms with Crippen molar-refractivity contribution in [1.82, 2.24) is 10.2 Å². The summed E-state index contributed by atoms with van der Waals surface area (Å²) in [5.41, 5.74) is 0.672. The van der Waals surface area contributed by atoms with Crippen LogP contribution in [0.15, 0.2) is 0 Å². The second-order valence-electron chi connectivity index (χ2n) is 6.10. The fourth-order valence-corrected chi connectivity index (χ4v) is 2.80. The molecule has 0 amide bonds. The third-order valence-corrected chi connectivity index (χ3v) is 4.53. The summed E-state index contributed by atoms with van der Waals surface area (Å²) in [7, 11) is 0. The van der Waals surface area contributed by atoms with Gasteiger partial charge in [-0.05, 0) is 38.0 Å². The fourth-order valence-electron chi connectivity index (χ4n) is 2.80. The van der Waals surface area contributed by atoms with E-state index in [0.29, 0.717) is 11.5 Å². The lowest BCUT2D eigenvalue weighted by molar-refractivity contribution is 0.103. The highest BCUT2D eigenvalue weighted by Gasteiger charge is 2.47. The number of piperazine rings is 1. The molecule has 0 aromatic carbocycles. The molecular weight excluding hydrogens is 184 g/mol. The van der Waals surface area contributed by atoms with Gasteiger partial charge < -0.3 is 5.32 Å². The van der Waals surface area contributed by atoms with E-state index in [-0.39, 0.29) is 0 Å². The molecule has 2 rings (SSSR count). The summed E-state index contributed by atoms with van der Waals surface area (Å²) < 4.78 is 0. The molecule has 1 saturated carbocycles. The SMILES string of the molecule is CC1CN(CC2(C(C)C)CC2)C(C)CN1. The van der Waals surface area contributed by atoms with Crippen LogP contribution < -0.4 is 5.32 Å². The van der Waals surface area contributed by atoms with Crippen LogP contribution in [-0.2, 0) is 0 Å². The van der Waals surface area contributed by atoms with Gasteiger partial charge in [0.2, 0.25) is 0 Å². The largest absolute Gasteiger partial charge is 0.311 e. The molecule has 1 aliphatic heterocycles. The zero-order chi connectivity index (χ0) is 11.1. The molecule has 2 unspecified atom stereocenters. The van der Waals surface area contributed by atoms with E-state index in [1.165, 1.54) is 25.9 Å². The minimum atomic E-state index is 0.671. The lowest BCUT2D eigenvalue weighted by Crippen LogP contribution is -2.55. The van der Waals surface area contributed by atoms with Crippen molar-refractivity contribution in [3.05, 3.63) is 0 Å². The van der Waals surface area contributed by atoms with Crippen molar-refractivity contribution < 1.29 is 0 Å². The normalized spacial score (nSPS) is 35.8. The van der Waals surface area contributed by atoms with Gasteiger partial charge in [0.25, 0.3) is 0 Å². The summed E-state index contributed by atoms with van der Waals surface area (Å²) in [6.07, 6.45) is 2.91. The summed E-state index contributed by atoms with van der Waals surface area (Å²) in [5.74, 6) is 0.856. The second kappa shape index (κ2) is 4.06. The van der Waals surface area contributed by atoms with Gasteiger partial charge in [-0.25, -0.2) is 0 Å². The van der Waals surface area contributed by atoms with Gasteiger partial charge in [-0.1, -0.05) is 13.8 Å². The minimum Gasteiger partial charge on any atom is -0.311 e. The van der Waals surface area contributed by atoms with Crippen molar-refractivity contribution in [2.45, 2.75) is 52.6 Å². The molecule has 2 nitrogen and oxygen atoms in total. The summed E-state index contributed by atoms with van der Waals surface area (Å²) in [5, 5.41) is 3.56. The molecule has 0 aromatic rings. The number of nitrogens with zero attached hydrogens (tertiary/aromatic N) is 1. The molecule has 0 spiro atoms. The maximum atomic E-state index is 3.56. The van der Waals surface area contributed by atoms with Crippen molar-refractivity contribution in [2.24, 2.45) is 11.3 Å². The third-order valence-electron chi connectivity index (χ3n) is 4.53. The Morgan fingerprint density at radius 1 is 1.33 bits per heavy atom. The van der Waals surface area contributed by atoms with Crippen molar-refractivity contribution in [3.8, 4) is 0 Å². The Labute approximate surface area is 94.4 Å². The molecule has 1 heterocycles. The van der Waals surface area contributed by atoms with Gasteiger partial charge in [-0.3, -0.25) is 4.90 Å². The van der Waals surface area contributed by atoms with Crippen molar-refractivity contribution in [3.63, 3.8) is 0 Å².